The Balaban J connectivity index is 1.97. The zero-order chi connectivity index (χ0) is 11.5. The average molecular weight is 219 g/mol. The third kappa shape index (κ3) is 2.32. The van der Waals surface area contributed by atoms with Crippen LogP contribution in [0.1, 0.15) is 25.7 Å². The zero-order valence-corrected chi connectivity index (χ0v) is 9.52. The molecule has 4 heteroatoms. The van der Waals surface area contributed by atoms with Gasteiger partial charge in [0, 0.05) is 13.5 Å². The lowest BCUT2D eigenvalue weighted by molar-refractivity contribution is -0.119. The zero-order valence-electron chi connectivity index (χ0n) is 9.52. The molecule has 0 aromatic carbocycles. The minimum atomic E-state index is 0.141. The van der Waals surface area contributed by atoms with Crippen LogP contribution in [0.15, 0.2) is 18.3 Å². The number of nitrogens with zero attached hydrogens (tertiary/aromatic N) is 2. The van der Waals surface area contributed by atoms with E-state index in [2.05, 4.69) is 4.98 Å². The summed E-state index contributed by atoms with van der Waals surface area (Å²) in [4.78, 5) is 17.6. The summed E-state index contributed by atoms with van der Waals surface area (Å²) in [5.74, 6) is 1.39. The van der Waals surface area contributed by atoms with Gasteiger partial charge in [-0.3, -0.25) is 9.69 Å². The molecule has 2 N–H and O–H groups in total. The van der Waals surface area contributed by atoms with Gasteiger partial charge in [-0.25, -0.2) is 4.98 Å². The molecule has 4 nitrogen and oxygen atoms in total. The van der Waals surface area contributed by atoms with Crippen molar-refractivity contribution in [3.05, 3.63) is 18.3 Å². The first-order chi connectivity index (χ1) is 7.66. The summed E-state index contributed by atoms with van der Waals surface area (Å²) in [7, 11) is 1.76. The predicted molar refractivity (Wildman–Crippen MR) is 64.0 cm³/mol. The normalized spacial score (nSPS) is 15.6. The molecular weight excluding hydrogens is 202 g/mol. The number of nitrogen functional groups attached to an aromatic ring is 1. The van der Waals surface area contributed by atoms with Crippen molar-refractivity contribution >= 4 is 17.4 Å². The Kier molecular flexibility index (Phi) is 3.08. The van der Waals surface area contributed by atoms with Crippen LogP contribution in [0.2, 0.25) is 0 Å². The first-order valence-electron chi connectivity index (χ1n) is 5.65. The molecule has 0 radical (unpaired) electrons. The topological polar surface area (TPSA) is 59.2 Å². The third-order valence-electron chi connectivity index (χ3n) is 3.18. The van der Waals surface area contributed by atoms with Crippen molar-refractivity contribution in [3.63, 3.8) is 0 Å². The number of anilines is 2. The van der Waals surface area contributed by atoms with Gasteiger partial charge in [-0.1, -0.05) is 6.42 Å². The van der Waals surface area contributed by atoms with Crippen molar-refractivity contribution in [2.24, 2.45) is 5.92 Å². The van der Waals surface area contributed by atoms with E-state index >= 15 is 0 Å². The fourth-order valence-corrected chi connectivity index (χ4v) is 1.80. The van der Waals surface area contributed by atoms with Crippen LogP contribution in [0.3, 0.4) is 0 Å². The van der Waals surface area contributed by atoms with E-state index in [0.717, 1.165) is 0 Å². The molecule has 0 spiro atoms. The number of hydrogen-bond acceptors (Lipinski definition) is 3. The third-order valence-corrected chi connectivity index (χ3v) is 3.18. The van der Waals surface area contributed by atoms with E-state index in [9.17, 15) is 4.79 Å². The van der Waals surface area contributed by atoms with Gasteiger partial charge in [0.2, 0.25) is 5.91 Å². The maximum Gasteiger partial charge on any atom is 0.228 e. The molecule has 86 valence electrons. The van der Waals surface area contributed by atoms with Crippen LogP contribution in [0.25, 0.3) is 0 Å². The summed E-state index contributed by atoms with van der Waals surface area (Å²) >= 11 is 0. The summed E-state index contributed by atoms with van der Waals surface area (Å²) in [5, 5.41) is 0. The molecular formula is C12H17N3O. The van der Waals surface area contributed by atoms with E-state index in [1.54, 1.807) is 30.3 Å². The highest BCUT2D eigenvalue weighted by Crippen LogP contribution is 2.30. The maximum absolute atomic E-state index is 11.9. The predicted octanol–water partition coefficient (Wildman–Crippen LogP) is 1.82. The van der Waals surface area contributed by atoms with Gasteiger partial charge < -0.3 is 5.73 Å². The Morgan fingerprint density at radius 3 is 2.81 bits per heavy atom. The van der Waals surface area contributed by atoms with Crippen molar-refractivity contribution in [2.45, 2.75) is 25.7 Å². The second-order valence-electron chi connectivity index (χ2n) is 4.40. The summed E-state index contributed by atoms with van der Waals surface area (Å²) in [6, 6.07) is 3.53. The van der Waals surface area contributed by atoms with Gasteiger partial charge in [0.25, 0.3) is 0 Å². The van der Waals surface area contributed by atoms with Crippen molar-refractivity contribution in [1.82, 2.24) is 4.98 Å². The van der Waals surface area contributed by atoms with Crippen LogP contribution in [-0.2, 0) is 4.79 Å². The van der Waals surface area contributed by atoms with E-state index in [1.807, 2.05) is 0 Å². The summed E-state index contributed by atoms with van der Waals surface area (Å²) < 4.78 is 0. The lowest BCUT2D eigenvalue weighted by atomic mass is 9.83. The minimum Gasteiger partial charge on any atom is -0.397 e. The van der Waals surface area contributed by atoms with Crippen LogP contribution < -0.4 is 10.6 Å². The molecule has 0 atom stereocenters. The Labute approximate surface area is 95.5 Å². The largest absolute Gasteiger partial charge is 0.397 e. The van der Waals surface area contributed by atoms with Gasteiger partial charge >= 0.3 is 0 Å². The minimum absolute atomic E-state index is 0.141. The molecule has 0 unspecified atom stereocenters. The Morgan fingerprint density at radius 2 is 2.31 bits per heavy atom. The second kappa shape index (κ2) is 4.51. The lowest BCUT2D eigenvalue weighted by Crippen LogP contribution is -2.30. The van der Waals surface area contributed by atoms with Crippen LogP contribution in [0.5, 0.6) is 0 Å². The maximum atomic E-state index is 11.9. The number of nitrogens with two attached hydrogens (primary N) is 1. The molecule has 1 aliphatic carbocycles. The van der Waals surface area contributed by atoms with E-state index < -0.39 is 0 Å². The number of pyridine rings is 1. The highest BCUT2D eigenvalue weighted by Gasteiger charge is 2.23. The van der Waals surface area contributed by atoms with Crippen molar-refractivity contribution in [1.29, 1.82) is 0 Å². The molecule has 1 heterocycles. The Bertz CT molecular complexity index is 370. The number of amides is 1. The molecule has 2 rings (SSSR count). The number of aromatic nitrogens is 1. The smallest absolute Gasteiger partial charge is 0.228 e. The molecule has 1 saturated carbocycles. The van der Waals surface area contributed by atoms with Gasteiger partial charge in [0.15, 0.2) is 0 Å². The standard InChI is InChI=1S/C12H17N3O/c1-15(11-6-5-10(13)8-14-11)12(16)7-9-3-2-4-9/h5-6,8-9H,2-4,7,13H2,1H3. The Morgan fingerprint density at radius 1 is 1.56 bits per heavy atom. The number of rotatable bonds is 3. The fraction of sp³-hybridized carbons (Fsp3) is 0.500. The first-order valence-corrected chi connectivity index (χ1v) is 5.65. The Hall–Kier alpha value is -1.58. The molecule has 1 amide bonds. The number of hydrogen-bond donors (Lipinski definition) is 1. The van der Waals surface area contributed by atoms with Gasteiger partial charge in [-0.15, -0.1) is 0 Å². The van der Waals surface area contributed by atoms with Crippen molar-refractivity contribution in [3.8, 4) is 0 Å². The van der Waals surface area contributed by atoms with Crippen LogP contribution in [0.4, 0.5) is 11.5 Å². The SMILES string of the molecule is CN(C(=O)CC1CCC1)c1ccc(N)cn1. The van der Waals surface area contributed by atoms with E-state index in [-0.39, 0.29) is 5.91 Å². The van der Waals surface area contributed by atoms with Gasteiger partial charge in [-0.2, -0.15) is 0 Å². The molecule has 1 aromatic rings. The molecule has 0 bridgehead atoms. The molecule has 0 saturated heterocycles. The van der Waals surface area contributed by atoms with Gasteiger partial charge in [0.05, 0.1) is 11.9 Å². The second-order valence-corrected chi connectivity index (χ2v) is 4.40. The molecule has 1 fully saturated rings. The quantitative estimate of drug-likeness (QED) is 0.843. The fourth-order valence-electron chi connectivity index (χ4n) is 1.80. The number of carbonyl (C=O) groups is 1. The summed E-state index contributed by atoms with van der Waals surface area (Å²) in [6.45, 7) is 0. The van der Waals surface area contributed by atoms with Crippen LogP contribution >= 0.6 is 0 Å². The first kappa shape index (κ1) is 10.9. The van der Waals surface area contributed by atoms with Crippen molar-refractivity contribution in [2.75, 3.05) is 17.7 Å². The molecule has 1 aromatic heterocycles. The van der Waals surface area contributed by atoms with Crippen molar-refractivity contribution < 1.29 is 4.79 Å². The number of carbonyl (C=O) groups excluding carboxylic acids is 1. The average Bonchev–Trinajstić information content (AvgIpc) is 2.23. The van der Waals surface area contributed by atoms with Gasteiger partial charge in [-0.05, 0) is 30.9 Å². The molecule has 16 heavy (non-hydrogen) atoms. The monoisotopic (exact) mass is 219 g/mol. The summed E-state index contributed by atoms with van der Waals surface area (Å²) in [6.07, 6.45) is 5.86. The van der Waals surface area contributed by atoms with Crippen LogP contribution in [0, 0.1) is 5.92 Å². The highest BCUT2D eigenvalue weighted by molar-refractivity contribution is 5.92. The van der Waals surface area contributed by atoms with Crippen LogP contribution in [-0.4, -0.2) is 17.9 Å². The van der Waals surface area contributed by atoms with E-state index in [0.29, 0.717) is 23.8 Å². The molecule has 1 aliphatic rings. The van der Waals surface area contributed by atoms with Gasteiger partial charge in [0.1, 0.15) is 5.82 Å². The van der Waals surface area contributed by atoms with E-state index in [4.69, 9.17) is 5.73 Å². The van der Waals surface area contributed by atoms with E-state index in [1.165, 1.54) is 19.3 Å². The summed E-state index contributed by atoms with van der Waals surface area (Å²) in [5.41, 5.74) is 6.16. The lowest BCUT2D eigenvalue weighted by Gasteiger charge is -2.26. The molecule has 0 aliphatic heterocycles. The highest BCUT2D eigenvalue weighted by atomic mass is 16.2.